The van der Waals surface area contributed by atoms with Gasteiger partial charge in [-0.05, 0) is 44.0 Å². The molecule has 5 nitrogen and oxygen atoms in total. The zero-order chi connectivity index (χ0) is 19.8. The van der Waals surface area contributed by atoms with Crippen LogP contribution >= 0.6 is 11.3 Å². The van der Waals surface area contributed by atoms with Crippen LogP contribution in [0.1, 0.15) is 43.1 Å². The predicted molar refractivity (Wildman–Crippen MR) is 101 cm³/mol. The molecule has 2 rings (SSSR count). The van der Waals surface area contributed by atoms with Gasteiger partial charge < -0.3 is 14.8 Å². The fraction of sp³-hybridized carbons (Fsp3) is 0.368. The molecular formula is C19H22F2N2O3S. The molecule has 1 amide bonds. The second-order valence-corrected chi connectivity index (χ2v) is 6.54. The molecule has 0 fully saturated rings. The molecule has 1 atom stereocenters. The number of benzene rings is 1. The maximum absolute atomic E-state index is 12.4. The molecule has 1 aromatic heterocycles. The van der Waals surface area contributed by atoms with E-state index < -0.39 is 6.61 Å². The Labute approximate surface area is 161 Å². The lowest BCUT2D eigenvalue weighted by Crippen LogP contribution is -2.24. The van der Waals surface area contributed by atoms with Crippen LogP contribution in [0.2, 0.25) is 0 Å². The Balaban J connectivity index is 2.03. The largest absolute Gasteiger partial charge is 0.490 e. The average molecular weight is 396 g/mol. The maximum atomic E-state index is 12.4. The van der Waals surface area contributed by atoms with E-state index in [1.807, 2.05) is 19.2 Å². The summed E-state index contributed by atoms with van der Waals surface area (Å²) >= 11 is 1.57. The summed E-state index contributed by atoms with van der Waals surface area (Å²) in [6.07, 6.45) is 3.82. The predicted octanol–water partition coefficient (Wildman–Crippen LogP) is 4.60. The number of hydrogen-bond acceptors (Lipinski definition) is 5. The van der Waals surface area contributed by atoms with Crippen molar-refractivity contribution in [3.05, 3.63) is 45.9 Å². The van der Waals surface area contributed by atoms with Crippen molar-refractivity contribution in [2.75, 3.05) is 6.61 Å². The van der Waals surface area contributed by atoms with Crippen molar-refractivity contribution in [2.45, 2.75) is 39.8 Å². The van der Waals surface area contributed by atoms with Crippen LogP contribution < -0.4 is 14.8 Å². The number of alkyl halides is 2. The number of carbonyl (C=O) groups is 1. The number of ether oxygens (including phenoxy) is 2. The molecule has 1 N–H and O–H groups in total. The van der Waals surface area contributed by atoms with Crippen molar-refractivity contribution >= 4 is 23.3 Å². The highest BCUT2D eigenvalue weighted by Gasteiger charge is 2.12. The van der Waals surface area contributed by atoms with E-state index in [4.69, 9.17) is 4.74 Å². The summed E-state index contributed by atoms with van der Waals surface area (Å²) in [5.41, 5.74) is 1.45. The van der Waals surface area contributed by atoms with E-state index in [2.05, 4.69) is 15.0 Å². The molecule has 0 aliphatic carbocycles. The molecule has 2 aromatic rings. The molecule has 0 aliphatic heterocycles. The molecular weight excluding hydrogens is 374 g/mol. The molecule has 0 saturated carbocycles. The first-order valence-corrected chi connectivity index (χ1v) is 9.45. The van der Waals surface area contributed by atoms with Crippen molar-refractivity contribution < 1.29 is 23.0 Å². The van der Waals surface area contributed by atoms with E-state index in [0.29, 0.717) is 12.2 Å². The van der Waals surface area contributed by atoms with Crippen LogP contribution in [0.15, 0.2) is 29.7 Å². The molecule has 0 radical (unpaired) electrons. The minimum Gasteiger partial charge on any atom is -0.490 e. The van der Waals surface area contributed by atoms with E-state index in [1.54, 1.807) is 36.5 Å². The van der Waals surface area contributed by atoms with Crippen LogP contribution in [-0.2, 0) is 11.2 Å². The molecule has 146 valence electrons. The number of amides is 1. The summed E-state index contributed by atoms with van der Waals surface area (Å²) in [6, 6.07) is 4.29. The summed E-state index contributed by atoms with van der Waals surface area (Å²) in [7, 11) is 0. The second kappa shape index (κ2) is 10.0. The molecule has 0 spiro atoms. The third-order valence-corrected chi connectivity index (χ3v) is 4.60. The zero-order valence-corrected chi connectivity index (χ0v) is 16.2. The van der Waals surface area contributed by atoms with Gasteiger partial charge in [0.15, 0.2) is 11.5 Å². The van der Waals surface area contributed by atoms with Gasteiger partial charge in [-0.25, -0.2) is 4.98 Å². The summed E-state index contributed by atoms with van der Waals surface area (Å²) in [4.78, 5) is 16.6. The quantitative estimate of drug-likeness (QED) is 0.630. The highest BCUT2D eigenvalue weighted by Crippen LogP contribution is 2.30. The van der Waals surface area contributed by atoms with E-state index in [0.717, 1.165) is 17.1 Å². The van der Waals surface area contributed by atoms with Crippen LogP contribution in [-0.4, -0.2) is 24.1 Å². The van der Waals surface area contributed by atoms with Crippen LogP contribution in [0.4, 0.5) is 8.78 Å². The summed E-state index contributed by atoms with van der Waals surface area (Å²) in [5.74, 6) is -0.125. The van der Waals surface area contributed by atoms with E-state index in [9.17, 15) is 13.6 Å². The van der Waals surface area contributed by atoms with Gasteiger partial charge in [-0.15, -0.1) is 11.3 Å². The highest BCUT2D eigenvalue weighted by molar-refractivity contribution is 7.09. The number of nitrogens with zero attached hydrogens (tertiary/aromatic N) is 1. The lowest BCUT2D eigenvalue weighted by atomic mass is 10.2. The number of carbonyl (C=O) groups excluding carboxylic acids is 1. The number of aryl methyl sites for hydroxylation is 1. The van der Waals surface area contributed by atoms with Gasteiger partial charge in [0, 0.05) is 11.5 Å². The smallest absolute Gasteiger partial charge is 0.387 e. The minimum atomic E-state index is -2.93. The Hall–Kier alpha value is -2.48. The van der Waals surface area contributed by atoms with Crippen molar-refractivity contribution in [3.8, 4) is 11.5 Å². The number of thiazole rings is 1. The molecule has 0 saturated heterocycles. The number of hydrogen-bond donors (Lipinski definition) is 1. The first kappa shape index (κ1) is 20.8. The Kier molecular flexibility index (Phi) is 7.72. The van der Waals surface area contributed by atoms with E-state index in [-0.39, 0.29) is 23.4 Å². The normalized spacial score (nSPS) is 12.4. The lowest BCUT2D eigenvalue weighted by molar-refractivity contribution is -0.117. The maximum Gasteiger partial charge on any atom is 0.387 e. The summed E-state index contributed by atoms with van der Waals surface area (Å²) < 4.78 is 34.6. The van der Waals surface area contributed by atoms with Gasteiger partial charge in [0.1, 0.15) is 0 Å². The zero-order valence-electron chi connectivity index (χ0n) is 15.4. The Morgan fingerprint density at radius 2 is 2.11 bits per heavy atom. The number of rotatable bonds is 9. The van der Waals surface area contributed by atoms with Gasteiger partial charge >= 0.3 is 6.61 Å². The topological polar surface area (TPSA) is 60.5 Å². The van der Waals surface area contributed by atoms with Crippen molar-refractivity contribution in [1.29, 1.82) is 0 Å². The van der Waals surface area contributed by atoms with Crippen LogP contribution in [0.3, 0.4) is 0 Å². The number of aromatic nitrogens is 1. The van der Waals surface area contributed by atoms with Crippen molar-refractivity contribution in [1.82, 2.24) is 10.3 Å². The van der Waals surface area contributed by atoms with E-state index >= 15 is 0 Å². The van der Waals surface area contributed by atoms with Crippen LogP contribution in [0, 0.1) is 0 Å². The number of halogens is 2. The Bertz CT molecular complexity index is 793. The van der Waals surface area contributed by atoms with Gasteiger partial charge in [0.25, 0.3) is 0 Å². The standard InChI is InChI=1S/C19H22F2N2O3S/c1-4-18-23-14(11-27-18)12(3)22-17(24)9-7-13-6-8-15(26-19(20)21)16(10-13)25-5-2/h6-12,19H,4-5H2,1-3H3,(H,22,24). The Morgan fingerprint density at radius 3 is 2.74 bits per heavy atom. The van der Waals surface area contributed by atoms with Gasteiger partial charge in [-0.3, -0.25) is 4.79 Å². The highest BCUT2D eigenvalue weighted by atomic mass is 32.1. The van der Waals surface area contributed by atoms with Crippen molar-refractivity contribution in [3.63, 3.8) is 0 Å². The average Bonchev–Trinajstić information content (AvgIpc) is 3.11. The SMILES string of the molecule is CCOc1cc(C=CC(=O)NC(C)c2csc(CC)n2)ccc1OC(F)F. The molecule has 0 bridgehead atoms. The van der Waals surface area contributed by atoms with E-state index in [1.165, 1.54) is 12.1 Å². The van der Waals surface area contributed by atoms with Crippen molar-refractivity contribution in [2.24, 2.45) is 0 Å². The fourth-order valence-electron chi connectivity index (χ4n) is 2.28. The first-order chi connectivity index (χ1) is 12.9. The fourth-order valence-corrected chi connectivity index (χ4v) is 3.12. The number of nitrogens with one attached hydrogen (secondary N) is 1. The third-order valence-electron chi connectivity index (χ3n) is 3.59. The monoisotopic (exact) mass is 396 g/mol. The third kappa shape index (κ3) is 6.32. The molecule has 1 aromatic carbocycles. The van der Waals surface area contributed by atoms with Gasteiger partial charge in [0.05, 0.1) is 23.4 Å². The molecule has 1 heterocycles. The second-order valence-electron chi connectivity index (χ2n) is 5.60. The Morgan fingerprint density at radius 1 is 1.33 bits per heavy atom. The van der Waals surface area contributed by atoms with Gasteiger partial charge in [-0.2, -0.15) is 8.78 Å². The summed E-state index contributed by atoms with van der Waals surface area (Å²) in [5, 5.41) is 5.80. The van der Waals surface area contributed by atoms with Gasteiger partial charge in [-0.1, -0.05) is 13.0 Å². The lowest BCUT2D eigenvalue weighted by Gasteiger charge is -2.12. The van der Waals surface area contributed by atoms with Crippen LogP contribution in [0.5, 0.6) is 11.5 Å². The molecule has 27 heavy (non-hydrogen) atoms. The first-order valence-electron chi connectivity index (χ1n) is 8.57. The minimum absolute atomic E-state index is 0.0441. The van der Waals surface area contributed by atoms with Crippen LogP contribution in [0.25, 0.3) is 6.08 Å². The summed E-state index contributed by atoms with van der Waals surface area (Å²) in [6.45, 7) is 3.01. The molecule has 8 heteroatoms. The molecule has 1 unspecified atom stereocenters. The molecule has 0 aliphatic rings. The van der Waals surface area contributed by atoms with Gasteiger partial charge in [0.2, 0.25) is 5.91 Å².